The van der Waals surface area contributed by atoms with Crippen molar-refractivity contribution in [2.24, 2.45) is 0 Å². The third-order valence-electron chi connectivity index (χ3n) is 4.17. The molecule has 1 aliphatic carbocycles. The SMILES string of the molecule is CCSC1CCCC1n1c(CCCl)nc2cc(Cl)ccc21. The van der Waals surface area contributed by atoms with E-state index in [2.05, 4.69) is 29.3 Å². The van der Waals surface area contributed by atoms with Gasteiger partial charge in [-0.2, -0.15) is 11.8 Å². The molecule has 1 aromatic carbocycles. The zero-order valence-electron chi connectivity index (χ0n) is 12.2. The molecule has 0 saturated heterocycles. The van der Waals surface area contributed by atoms with Gasteiger partial charge in [-0.05, 0) is 36.8 Å². The van der Waals surface area contributed by atoms with Crippen LogP contribution in [0.25, 0.3) is 11.0 Å². The summed E-state index contributed by atoms with van der Waals surface area (Å²) in [5.74, 6) is 2.88. The van der Waals surface area contributed by atoms with Gasteiger partial charge >= 0.3 is 0 Å². The third kappa shape index (κ3) is 3.06. The number of fused-ring (bicyclic) bond motifs is 1. The minimum Gasteiger partial charge on any atom is -0.324 e. The van der Waals surface area contributed by atoms with E-state index in [4.69, 9.17) is 28.2 Å². The zero-order valence-corrected chi connectivity index (χ0v) is 14.5. The number of benzene rings is 1. The largest absolute Gasteiger partial charge is 0.324 e. The van der Waals surface area contributed by atoms with Gasteiger partial charge in [-0.3, -0.25) is 0 Å². The second-order valence-electron chi connectivity index (χ2n) is 5.46. The van der Waals surface area contributed by atoms with Crippen LogP contribution in [0.5, 0.6) is 0 Å². The number of aromatic nitrogens is 2. The highest BCUT2D eigenvalue weighted by molar-refractivity contribution is 7.99. The van der Waals surface area contributed by atoms with Crippen molar-refractivity contribution in [2.45, 2.75) is 43.9 Å². The first-order valence-corrected chi connectivity index (χ1v) is 9.54. The van der Waals surface area contributed by atoms with E-state index in [1.807, 2.05) is 12.1 Å². The van der Waals surface area contributed by atoms with Gasteiger partial charge in [-0.25, -0.2) is 4.98 Å². The summed E-state index contributed by atoms with van der Waals surface area (Å²) in [6.07, 6.45) is 4.65. The molecule has 2 nitrogen and oxygen atoms in total. The first kappa shape index (κ1) is 15.5. The lowest BCUT2D eigenvalue weighted by Crippen LogP contribution is -2.19. The Labute approximate surface area is 140 Å². The maximum absolute atomic E-state index is 6.12. The molecule has 0 bridgehead atoms. The average molecular weight is 343 g/mol. The van der Waals surface area contributed by atoms with Gasteiger partial charge in [0.25, 0.3) is 0 Å². The number of aryl methyl sites for hydroxylation is 1. The highest BCUT2D eigenvalue weighted by Gasteiger charge is 2.31. The van der Waals surface area contributed by atoms with Crippen molar-refractivity contribution in [3.63, 3.8) is 0 Å². The summed E-state index contributed by atoms with van der Waals surface area (Å²) in [6, 6.07) is 6.57. The van der Waals surface area contributed by atoms with Gasteiger partial charge in [0.1, 0.15) is 5.82 Å². The van der Waals surface area contributed by atoms with Crippen LogP contribution in [0.3, 0.4) is 0 Å². The highest BCUT2D eigenvalue weighted by Crippen LogP contribution is 2.41. The van der Waals surface area contributed by atoms with Gasteiger partial charge in [0.2, 0.25) is 0 Å². The van der Waals surface area contributed by atoms with E-state index in [-0.39, 0.29) is 0 Å². The van der Waals surface area contributed by atoms with E-state index in [1.54, 1.807) is 0 Å². The summed E-state index contributed by atoms with van der Waals surface area (Å²) < 4.78 is 2.44. The molecule has 1 fully saturated rings. The summed E-state index contributed by atoms with van der Waals surface area (Å²) in [4.78, 5) is 4.79. The number of halogens is 2. The van der Waals surface area contributed by atoms with Crippen molar-refractivity contribution in [2.75, 3.05) is 11.6 Å². The van der Waals surface area contributed by atoms with Crippen molar-refractivity contribution in [3.8, 4) is 0 Å². The number of nitrogens with zero attached hydrogens (tertiary/aromatic N) is 2. The molecular weight excluding hydrogens is 323 g/mol. The third-order valence-corrected chi connectivity index (χ3v) is 5.91. The predicted octanol–water partition coefficient (Wildman–Crippen LogP) is 5.32. The maximum Gasteiger partial charge on any atom is 0.111 e. The van der Waals surface area contributed by atoms with Crippen LogP contribution in [-0.2, 0) is 6.42 Å². The number of imidazole rings is 1. The zero-order chi connectivity index (χ0) is 14.8. The minimum atomic E-state index is 0.541. The molecule has 1 aliphatic rings. The van der Waals surface area contributed by atoms with Crippen LogP contribution in [0.15, 0.2) is 18.2 Å². The van der Waals surface area contributed by atoms with Gasteiger partial charge in [0, 0.05) is 28.6 Å². The van der Waals surface area contributed by atoms with Crippen molar-refractivity contribution in [1.82, 2.24) is 9.55 Å². The molecule has 1 saturated carbocycles. The molecule has 0 radical (unpaired) electrons. The van der Waals surface area contributed by atoms with Gasteiger partial charge in [-0.1, -0.05) is 24.9 Å². The second kappa shape index (κ2) is 6.80. The molecule has 1 heterocycles. The molecule has 5 heteroatoms. The smallest absolute Gasteiger partial charge is 0.111 e. The molecule has 1 aromatic heterocycles. The van der Waals surface area contributed by atoms with Crippen LogP contribution >= 0.6 is 35.0 Å². The summed E-state index contributed by atoms with van der Waals surface area (Å²) in [6.45, 7) is 2.24. The fourth-order valence-corrected chi connectivity index (χ4v) is 4.94. The van der Waals surface area contributed by atoms with Crippen LogP contribution in [-0.4, -0.2) is 26.4 Å². The summed E-state index contributed by atoms with van der Waals surface area (Å²) in [5.41, 5.74) is 2.20. The number of hydrogen-bond donors (Lipinski definition) is 0. The molecule has 0 spiro atoms. The Bertz CT molecular complexity index is 626. The van der Waals surface area contributed by atoms with Gasteiger partial charge in [0.15, 0.2) is 0 Å². The van der Waals surface area contributed by atoms with Gasteiger partial charge in [-0.15, -0.1) is 11.6 Å². The summed E-state index contributed by atoms with van der Waals surface area (Å²) in [7, 11) is 0. The first-order chi connectivity index (χ1) is 10.2. The van der Waals surface area contributed by atoms with E-state index in [0.29, 0.717) is 17.2 Å². The van der Waals surface area contributed by atoms with Crippen LogP contribution in [0.1, 0.15) is 38.1 Å². The Morgan fingerprint density at radius 1 is 1.38 bits per heavy atom. The lowest BCUT2D eigenvalue weighted by molar-refractivity contribution is 0.522. The van der Waals surface area contributed by atoms with E-state index in [0.717, 1.165) is 22.8 Å². The molecule has 0 N–H and O–H groups in total. The molecule has 3 rings (SSSR count). The van der Waals surface area contributed by atoms with Crippen LogP contribution < -0.4 is 0 Å². The van der Waals surface area contributed by atoms with Crippen LogP contribution in [0.4, 0.5) is 0 Å². The van der Waals surface area contributed by atoms with E-state index >= 15 is 0 Å². The summed E-state index contributed by atoms with van der Waals surface area (Å²) in [5, 5.41) is 1.44. The standard InChI is InChI=1S/C16H20Cl2N2S/c1-2-21-15-5-3-4-14(15)20-13-7-6-11(18)10-12(13)19-16(20)8-9-17/h6-7,10,14-15H,2-5,8-9H2,1H3. The first-order valence-electron chi connectivity index (χ1n) is 7.58. The second-order valence-corrected chi connectivity index (χ2v) is 7.79. The van der Waals surface area contributed by atoms with Crippen molar-refractivity contribution in [1.29, 1.82) is 0 Å². The van der Waals surface area contributed by atoms with E-state index in [9.17, 15) is 0 Å². The maximum atomic E-state index is 6.12. The Balaban J connectivity index is 2.08. The fourth-order valence-electron chi connectivity index (χ4n) is 3.36. The van der Waals surface area contributed by atoms with Gasteiger partial charge < -0.3 is 4.57 Å². The number of rotatable bonds is 5. The molecule has 0 aliphatic heterocycles. The topological polar surface area (TPSA) is 17.8 Å². The normalized spacial score (nSPS) is 22.2. The lowest BCUT2D eigenvalue weighted by atomic mass is 10.2. The molecule has 2 unspecified atom stereocenters. The van der Waals surface area contributed by atoms with Crippen molar-refractivity contribution >= 4 is 46.0 Å². The minimum absolute atomic E-state index is 0.541. The monoisotopic (exact) mass is 342 g/mol. The Kier molecular flexibility index (Phi) is 5.03. The van der Waals surface area contributed by atoms with Gasteiger partial charge in [0.05, 0.1) is 11.0 Å². The molecular formula is C16H20Cl2N2S. The molecule has 2 atom stereocenters. The molecule has 0 amide bonds. The Morgan fingerprint density at radius 3 is 3.00 bits per heavy atom. The highest BCUT2D eigenvalue weighted by atomic mass is 35.5. The summed E-state index contributed by atoms with van der Waals surface area (Å²) >= 11 is 14.2. The average Bonchev–Trinajstić information content (AvgIpc) is 3.03. The van der Waals surface area contributed by atoms with E-state index < -0.39 is 0 Å². The fraction of sp³-hybridized carbons (Fsp3) is 0.562. The lowest BCUT2D eigenvalue weighted by Gasteiger charge is -2.23. The predicted molar refractivity (Wildman–Crippen MR) is 94.0 cm³/mol. The number of hydrogen-bond acceptors (Lipinski definition) is 2. The van der Waals surface area contributed by atoms with Crippen molar-refractivity contribution < 1.29 is 0 Å². The number of thioether (sulfide) groups is 1. The van der Waals surface area contributed by atoms with Crippen molar-refractivity contribution in [3.05, 3.63) is 29.0 Å². The molecule has 21 heavy (non-hydrogen) atoms. The molecule has 2 aromatic rings. The Morgan fingerprint density at radius 2 is 2.24 bits per heavy atom. The quantitative estimate of drug-likeness (QED) is 0.684. The van der Waals surface area contributed by atoms with Crippen LogP contribution in [0.2, 0.25) is 5.02 Å². The number of alkyl halides is 1. The molecule has 114 valence electrons. The Hall–Kier alpha value is -0.380. The van der Waals surface area contributed by atoms with Crippen LogP contribution in [0, 0.1) is 0 Å². The van der Waals surface area contributed by atoms with E-state index in [1.165, 1.54) is 30.5 Å².